The number of nitrogens with one attached hydrogen (secondary N) is 2. The number of carbonyl (C=O) groups is 1. The van der Waals surface area contributed by atoms with Crippen molar-refractivity contribution in [1.29, 1.82) is 0 Å². The minimum Gasteiger partial charge on any atom is -0.350 e. The summed E-state index contributed by atoms with van der Waals surface area (Å²) in [7, 11) is 0. The lowest BCUT2D eigenvalue weighted by Gasteiger charge is -2.34. The third kappa shape index (κ3) is 2.66. The van der Waals surface area contributed by atoms with Crippen LogP contribution in [0.1, 0.15) is 37.8 Å². The maximum absolute atomic E-state index is 12.2. The van der Waals surface area contributed by atoms with Crippen molar-refractivity contribution >= 4 is 5.91 Å². The zero-order chi connectivity index (χ0) is 12.1. The number of carbonyl (C=O) groups excluding carboxylic acids is 1. The highest BCUT2D eigenvalue weighted by molar-refractivity contribution is 5.82. The number of hydrogen-bond acceptors (Lipinski definition) is 3. The van der Waals surface area contributed by atoms with Gasteiger partial charge < -0.3 is 16.0 Å². The average Bonchev–Trinajstić information content (AvgIpc) is 2.90. The molecular weight excluding hydrogens is 216 g/mol. The zero-order valence-electron chi connectivity index (χ0n) is 10.0. The van der Waals surface area contributed by atoms with Crippen LogP contribution in [-0.4, -0.2) is 22.4 Å². The molecule has 1 fully saturated rings. The molecule has 1 aromatic heterocycles. The number of aromatic nitrogens is 2. The lowest BCUT2D eigenvalue weighted by Crippen LogP contribution is -2.46. The van der Waals surface area contributed by atoms with Crippen molar-refractivity contribution in [2.75, 3.05) is 6.54 Å². The van der Waals surface area contributed by atoms with Gasteiger partial charge in [0.05, 0.1) is 24.0 Å². The predicted octanol–water partition coefficient (Wildman–Crippen LogP) is 0.935. The van der Waals surface area contributed by atoms with Gasteiger partial charge in [0.15, 0.2) is 0 Å². The van der Waals surface area contributed by atoms with Gasteiger partial charge in [0.1, 0.15) is 0 Å². The van der Waals surface area contributed by atoms with Gasteiger partial charge in [-0.3, -0.25) is 4.79 Å². The second-order valence-electron chi connectivity index (χ2n) is 4.80. The second kappa shape index (κ2) is 5.31. The molecule has 1 amide bonds. The highest BCUT2D eigenvalue weighted by Gasteiger charge is 2.37. The fourth-order valence-corrected chi connectivity index (χ4v) is 2.50. The molecule has 1 aromatic rings. The summed E-state index contributed by atoms with van der Waals surface area (Å²) in [4.78, 5) is 19.1. The molecular formula is C12H20N4O. The first-order valence-corrected chi connectivity index (χ1v) is 6.22. The Labute approximate surface area is 101 Å². The van der Waals surface area contributed by atoms with E-state index in [2.05, 4.69) is 15.3 Å². The second-order valence-corrected chi connectivity index (χ2v) is 4.80. The summed E-state index contributed by atoms with van der Waals surface area (Å²) in [6, 6.07) is 0. The molecule has 5 nitrogen and oxygen atoms in total. The van der Waals surface area contributed by atoms with E-state index in [1.54, 1.807) is 12.5 Å². The maximum Gasteiger partial charge on any atom is 0.227 e. The zero-order valence-corrected chi connectivity index (χ0v) is 10.0. The van der Waals surface area contributed by atoms with E-state index in [-0.39, 0.29) is 11.3 Å². The minimum absolute atomic E-state index is 0.0919. The third-order valence-corrected chi connectivity index (χ3v) is 3.68. The summed E-state index contributed by atoms with van der Waals surface area (Å²) < 4.78 is 0. The molecule has 4 N–H and O–H groups in total. The number of rotatable bonds is 4. The molecule has 2 rings (SSSR count). The van der Waals surface area contributed by atoms with Gasteiger partial charge in [-0.25, -0.2) is 4.98 Å². The predicted molar refractivity (Wildman–Crippen MR) is 65.0 cm³/mol. The largest absolute Gasteiger partial charge is 0.350 e. The van der Waals surface area contributed by atoms with E-state index in [0.717, 1.165) is 31.4 Å². The standard InChI is InChI=1S/C12H20N4O/c13-8-12(4-2-1-3-5-12)11(17)15-7-10-6-14-9-16-10/h6,9H,1-5,7-8,13H2,(H,14,16)(H,15,17). The maximum atomic E-state index is 12.2. The van der Waals surface area contributed by atoms with Gasteiger partial charge in [-0.05, 0) is 12.8 Å². The van der Waals surface area contributed by atoms with E-state index in [1.807, 2.05) is 0 Å². The lowest BCUT2D eigenvalue weighted by molar-refractivity contribution is -0.132. The number of nitrogens with zero attached hydrogens (tertiary/aromatic N) is 1. The van der Waals surface area contributed by atoms with Crippen molar-refractivity contribution in [1.82, 2.24) is 15.3 Å². The highest BCUT2D eigenvalue weighted by atomic mass is 16.2. The first kappa shape index (κ1) is 12.1. The summed E-state index contributed by atoms with van der Waals surface area (Å²) in [5.74, 6) is 0.0919. The SMILES string of the molecule is NCC1(C(=O)NCc2cnc[nH]2)CCCCC1. The number of H-pyrrole nitrogens is 1. The van der Waals surface area contributed by atoms with Crippen LogP contribution in [0.15, 0.2) is 12.5 Å². The first-order valence-electron chi connectivity index (χ1n) is 6.22. The Hall–Kier alpha value is -1.36. The van der Waals surface area contributed by atoms with Crippen molar-refractivity contribution in [3.05, 3.63) is 18.2 Å². The van der Waals surface area contributed by atoms with Crippen LogP contribution in [-0.2, 0) is 11.3 Å². The Bertz CT molecular complexity index is 355. The van der Waals surface area contributed by atoms with Crippen LogP contribution >= 0.6 is 0 Å². The molecule has 0 aliphatic heterocycles. The van der Waals surface area contributed by atoms with Gasteiger partial charge in [-0.2, -0.15) is 0 Å². The first-order chi connectivity index (χ1) is 8.27. The number of aromatic amines is 1. The van der Waals surface area contributed by atoms with E-state index >= 15 is 0 Å². The van der Waals surface area contributed by atoms with Crippen molar-refractivity contribution in [3.63, 3.8) is 0 Å². The van der Waals surface area contributed by atoms with Crippen LogP contribution in [0.4, 0.5) is 0 Å². The summed E-state index contributed by atoms with van der Waals surface area (Å²) in [6.07, 6.45) is 8.59. The van der Waals surface area contributed by atoms with E-state index in [1.165, 1.54) is 6.42 Å². The quantitative estimate of drug-likeness (QED) is 0.727. The highest BCUT2D eigenvalue weighted by Crippen LogP contribution is 2.35. The van der Waals surface area contributed by atoms with Crippen molar-refractivity contribution in [3.8, 4) is 0 Å². The van der Waals surface area contributed by atoms with Crippen LogP contribution in [0, 0.1) is 5.41 Å². The lowest BCUT2D eigenvalue weighted by atomic mass is 9.73. The van der Waals surface area contributed by atoms with E-state index in [4.69, 9.17) is 5.73 Å². The van der Waals surface area contributed by atoms with Gasteiger partial charge in [0.2, 0.25) is 5.91 Å². The third-order valence-electron chi connectivity index (χ3n) is 3.68. The van der Waals surface area contributed by atoms with Crippen LogP contribution in [0.2, 0.25) is 0 Å². The molecule has 0 unspecified atom stereocenters. The molecule has 1 heterocycles. The fourth-order valence-electron chi connectivity index (χ4n) is 2.50. The van der Waals surface area contributed by atoms with Crippen LogP contribution in [0.3, 0.4) is 0 Å². The number of imidazole rings is 1. The number of nitrogens with two attached hydrogens (primary N) is 1. The smallest absolute Gasteiger partial charge is 0.227 e. The molecule has 1 aliphatic rings. The molecule has 0 spiro atoms. The average molecular weight is 236 g/mol. The topological polar surface area (TPSA) is 83.8 Å². The van der Waals surface area contributed by atoms with E-state index in [0.29, 0.717) is 13.1 Å². The molecule has 0 radical (unpaired) electrons. The van der Waals surface area contributed by atoms with Crippen LogP contribution in [0.25, 0.3) is 0 Å². The van der Waals surface area contributed by atoms with E-state index < -0.39 is 0 Å². The fraction of sp³-hybridized carbons (Fsp3) is 0.667. The van der Waals surface area contributed by atoms with Gasteiger partial charge >= 0.3 is 0 Å². The van der Waals surface area contributed by atoms with Crippen LogP contribution < -0.4 is 11.1 Å². The van der Waals surface area contributed by atoms with Crippen molar-refractivity contribution in [2.24, 2.45) is 11.1 Å². The molecule has 0 aromatic carbocycles. The summed E-state index contributed by atoms with van der Waals surface area (Å²) >= 11 is 0. The molecule has 5 heteroatoms. The van der Waals surface area contributed by atoms with E-state index in [9.17, 15) is 4.79 Å². The molecule has 0 saturated heterocycles. The summed E-state index contributed by atoms with van der Waals surface area (Å²) in [5.41, 5.74) is 6.39. The molecule has 0 bridgehead atoms. The monoisotopic (exact) mass is 236 g/mol. The van der Waals surface area contributed by atoms with Crippen LogP contribution in [0.5, 0.6) is 0 Å². The Kier molecular flexibility index (Phi) is 3.78. The Morgan fingerprint density at radius 3 is 2.82 bits per heavy atom. The molecule has 1 aliphatic carbocycles. The molecule has 1 saturated carbocycles. The van der Waals surface area contributed by atoms with Crippen molar-refractivity contribution in [2.45, 2.75) is 38.6 Å². The summed E-state index contributed by atoms with van der Waals surface area (Å²) in [5, 5.41) is 2.96. The minimum atomic E-state index is -0.335. The molecule has 17 heavy (non-hydrogen) atoms. The Morgan fingerprint density at radius 1 is 1.47 bits per heavy atom. The number of hydrogen-bond donors (Lipinski definition) is 3. The Balaban J connectivity index is 1.93. The Morgan fingerprint density at radius 2 is 2.24 bits per heavy atom. The van der Waals surface area contributed by atoms with Gasteiger partial charge in [-0.15, -0.1) is 0 Å². The van der Waals surface area contributed by atoms with Gasteiger partial charge in [-0.1, -0.05) is 19.3 Å². The van der Waals surface area contributed by atoms with Gasteiger partial charge in [0, 0.05) is 12.7 Å². The van der Waals surface area contributed by atoms with Gasteiger partial charge in [0.25, 0.3) is 0 Å². The van der Waals surface area contributed by atoms with Crippen molar-refractivity contribution < 1.29 is 4.79 Å². The molecule has 0 atom stereocenters. The summed E-state index contributed by atoms with van der Waals surface area (Å²) in [6.45, 7) is 0.947. The normalized spacial score (nSPS) is 18.9. The number of amides is 1. The molecule has 94 valence electrons.